The average molecular weight is 500 g/mol. The van der Waals surface area contributed by atoms with Crippen molar-refractivity contribution < 1.29 is 13.2 Å². The van der Waals surface area contributed by atoms with Crippen LogP contribution in [-0.4, -0.2) is 14.3 Å². The van der Waals surface area contributed by atoms with Gasteiger partial charge < -0.3 is 0 Å². The normalized spacial score (nSPS) is 12.4. The first kappa shape index (κ1) is 24.4. The smallest absolute Gasteiger partial charge is 0.269 e. The van der Waals surface area contributed by atoms with E-state index in [0.717, 1.165) is 40.0 Å². The van der Waals surface area contributed by atoms with E-state index in [0.29, 0.717) is 0 Å². The lowest BCUT2D eigenvalue weighted by molar-refractivity contribution is -0.114. The molecular formula is C29H25NO3S2. The molecule has 6 heteroatoms. The van der Waals surface area contributed by atoms with Gasteiger partial charge in [0.15, 0.2) is 0 Å². The number of thiophene rings is 1. The molecule has 0 unspecified atom stereocenters. The summed E-state index contributed by atoms with van der Waals surface area (Å²) in [6, 6.07) is 31.7. The molecule has 0 saturated heterocycles. The Labute approximate surface area is 210 Å². The Kier molecular flexibility index (Phi) is 7.75. The topological polar surface area (TPSA) is 63.2 Å². The molecule has 0 fully saturated rings. The van der Waals surface area contributed by atoms with E-state index < -0.39 is 15.9 Å². The molecule has 0 atom stereocenters. The monoisotopic (exact) mass is 499 g/mol. The first-order valence-corrected chi connectivity index (χ1v) is 13.6. The van der Waals surface area contributed by atoms with Gasteiger partial charge >= 0.3 is 0 Å². The molecule has 35 heavy (non-hydrogen) atoms. The molecule has 4 aromatic rings. The highest BCUT2D eigenvalue weighted by Gasteiger charge is 2.17. The number of sulfonamides is 1. The van der Waals surface area contributed by atoms with E-state index in [1.54, 1.807) is 17.5 Å². The predicted molar refractivity (Wildman–Crippen MR) is 144 cm³/mol. The van der Waals surface area contributed by atoms with Crippen molar-refractivity contribution in [3.05, 3.63) is 131 Å². The van der Waals surface area contributed by atoms with Crippen molar-refractivity contribution in [3.63, 3.8) is 0 Å². The molecule has 0 spiro atoms. The average Bonchev–Trinajstić information content (AvgIpc) is 3.44. The molecule has 0 aliphatic heterocycles. The molecule has 0 aliphatic rings. The maximum atomic E-state index is 12.2. The summed E-state index contributed by atoms with van der Waals surface area (Å²) in [6.07, 6.45) is 3.71. The van der Waals surface area contributed by atoms with E-state index in [9.17, 15) is 13.2 Å². The van der Waals surface area contributed by atoms with Crippen molar-refractivity contribution in [2.45, 2.75) is 17.6 Å². The third kappa shape index (κ3) is 6.04. The number of allylic oxidation sites excluding steroid dienone is 1. The van der Waals surface area contributed by atoms with Crippen molar-refractivity contribution in [1.82, 2.24) is 4.72 Å². The Morgan fingerprint density at radius 1 is 0.800 bits per heavy atom. The summed E-state index contributed by atoms with van der Waals surface area (Å²) >= 11 is 1.06. The zero-order valence-electron chi connectivity index (χ0n) is 19.2. The van der Waals surface area contributed by atoms with Crippen molar-refractivity contribution in [2.75, 3.05) is 0 Å². The summed E-state index contributed by atoms with van der Waals surface area (Å²) < 4.78 is 26.6. The Balaban J connectivity index is 1.61. The van der Waals surface area contributed by atoms with Gasteiger partial charge in [-0.15, -0.1) is 11.3 Å². The summed E-state index contributed by atoms with van der Waals surface area (Å²) in [5, 5.41) is 1.65. The number of benzene rings is 3. The van der Waals surface area contributed by atoms with E-state index in [2.05, 4.69) is 35.9 Å². The molecule has 0 saturated carbocycles. The van der Waals surface area contributed by atoms with Crippen molar-refractivity contribution in [1.29, 1.82) is 0 Å². The number of carbonyl (C=O) groups is 1. The highest BCUT2D eigenvalue weighted by molar-refractivity contribution is 7.92. The maximum Gasteiger partial charge on any atom is 0.273 e. The summed E-state index contributed by atoms with van der Waals surface area (Å²) in [4.78, 5) is 12.2. The van der Waals surface area contributed by atoms with Crippen LogP contribution < -0.4 is 4.72 Å². The van der Waals surface area contributed by atoms with E-state index in [4.69, 9.17) is 0 Å². The van der Waals surface area contributed by atoms with Crippen molar-refractivity contribution in [2.24, 2.45) is 0 Å². The van der Waals surface area contributed by atoms with Gasteiger partial charge in [0.05, 0.1) is 0 Å². The number of rotatable bonds is 8. The van der Waals surface area contributed by atoms with Crippen LogP contribution in [0.5, 0.6) is 0 Å². The lowest BCUT2D eigenvalue weighted by atomic mass is 9.88. The van der Waals surface area contributed by atoms with Gasteiger partial charge in [0.1, 0.15) is 4.21 Å². The predicted octanol–water partition coefficient (Wildman–Crippen LogP) is 6.64. The van der Waals surface area contributed by atoms with E-state index >= 15 is 0 Å². The molecule has 4 nitrogen and oxygen atoms in total. The number of carbonyl (C=O) groups excluding carboxylic acids is 1. The first-order valence-electron chi connectivity index (χ1n) is 11.2. The number of hydrogen-bond donors (Lipinski definition) is 1. The van der Waals surface area contributed by atoms with E-state index in [1.165, 1.54) is 23.3 Å². The first-order chi connectivity index (χ1) is 17.0. The molecule has 1 heterocycles. The van der Waals surface area contributed by atoms with Crippen LogP contribution in [0.2, 0.25) is 0 Å². The van der Waals surface area contributed by atoms with Gasteiger partial charge in [-0.05, 0) is 57.3 Å². The van der Waals surface area contributed by atoms with E-state index in [-0.39, 0.29) is 4.21 Å². The maximum absolute atomic E-state index is 12.2. The highest BCUT2D eigenvalue weighted by atomic mass is 32.2. The Bertz CT molecular complexity index is 1440. The summed E-state index contributed by atoms with van der Waals surface area (Å²) in [6.45, 7) is 2.16. The number of hydrogen-bond acceptors (Lipinski definition) is 4. The largest absolute Gasteiger partial charge is 0.273 e. The second kappa shape index (κ2) is 11.1. The third-order valence-corrected chi connectivity index (χ3v) is 8.21. The molecule has 1 N–H and O–H groups in total. The minimum atomic E-state index is -3.85. The summed E-state index contributed by atoms with van der Waals surface area (Å²) in [5.74, 6) is -0.690. The Hall–Kier alpha value is -3.74. The number of nitrogens with one attached hydrogen (secondary N) is 1. The van der Waals surface area contributed by atoms with Crippen molar-refractivity contribution >= 4 is 44.5 Å². The molecule has 0 radical (unpaired) electrons. The van der Waals surface area contributed by atoms with Crippen LogP contribution in [0.15, 0.2) is 113 Å². The quantitative estimate of drug-likeness (QED) is 0.218. The molecular weight excluding hydrogens is 474 g/mol. The lowest BCUT2D eigenvalue weighted by Crippen LogP contribution is -2.28. The molecule has 0 bridgehead atoms. The van der Waals surface area contributed by atoms with Gasteiger partial charge in [-0.3, -0.25) is 4.79 Å². The van der Waals surface area contributed by atoms with Gasteiger partial charge in [-0.25, -0.2) is 13.1 Å². The van der Waals surface area contributed by atoms with Gasteiger partial charge in [-0.1, -0.05) is 97.9 Å². The summed E-state index contributed by atoms with van der Waals surface area (Å²) in [5.41, 5.74) is 6.59. The molecule has 176 valence electrons. The minimum absolute atomic E-state index is 0.106. The van der Waals surface area contributed by atoms with Gasteiger partial charge in [0.2, 0.25) is 0 Å². The molecule has 0 aliphatic carbocycles. The fourth-order valence-corrected chi connectivity index (χ4v) is 5.79. The van der Waals surface area contributed by atoms with Gasteiger partial charge in [0.25, 0.3) is 15.9 Å². The van der Waals surface area contributed by atoms with E-state index in [1.807, 2.05) is 60.7 Å². The molecule has 3 aromatic carbocycles. The minimum Gasteiger partial charge on any atom is -0.269 e. The standard InChI is InChI=1S/C29H25NO3S2/c1-2-26(23-10-5-3-6-11-23)29(24-12-7-4-8-13-24)25-18-15-22(16-19-25)17-20-27(31)30-35(32,33)28-14-9-21-34-28/h3-21H,2H2,1H3,(H,30,31)/b20-17+,29-26-. The SMILES string of the molecule is CC/C(=C(\c1ccccc1)c1ccc(/C=C/C(=O)NS(=O)(=O)c2cccs2)cc1)c1ccccc1. The van der Waals surface area contributed by atoms with Crippen LogP contribution >= 0.6 is 11.3 Å². The fraction of sp³-hybridized carbons (Fsp3) is 0.0690. The molecule has 1 aromatic heterocycles. The Morgan fingerprint density at radius 3 is 1.97 bits per heavy atom. The van der Waals surface area contributed by atoms with Gasteiger partial charge in [0, 0.05) is 6.08 Å². The number of amides is 1. The van der Waals surface area contributed by atoms with Gasteiger partial charge in [-0.2, -0.15) is 0 Å². The fourth-order valence-electron chi connectivity index (χ4n) is 3.85. The highest BCUT2D eigenvalue weighted by Crippen LogP contribution is 2.34. The zero-order chi connectivity index (χ0) is 24.7. The van der Waals surface area contributed by atoms with Crippen LogP contribution in [-0.2, 0) is 14.8 Å². The molecule has 4 rings (SSSR count). The van der Waals surface area contributed by atoms with Crippen LogP contribution in [0.25, 0.3) is 17.2 Å². The lowest BCUT2D eigenvalue weighted by Gasteiger charge is -2.16. The Morgan fingerprint density at radius 2 is 1.40 bits per heavy atom. The zero-order valence-corrected chi connectivity index (χ0v) is 20.9. The molecule has 1 amide bonds. The van der Waals surface area contributed by atoms with Crippen molar-refractivity contribution in [3.8, 4) is 0 Å². The van der Waals surface area contributed by atoms with Crippen LogP contribution in [0.1, 0.15) is 35.6 Å². The summed E-state index contributed by atoms with van der Waals surface area (Å²) in [7, 11) is -3.85. The van der Waals surface area contributed by atoms with Crippen LogP contribution in [0, 0.1) is 0 Å². The van der Waals surface area contributed by atoms with Crippen LogP contribution in [0.4, 0.5) is 0 Å². The second-order valence-corrected chi connectivity index (χ2v) is 10.7. The second-order valence-electron chi connectivity index (χ2n) is 7.80. The third-order valence-electron chi connectivity index (χ3n) is 5.46. The van der Waals surface area contributed by atoms with Crippen LogP contribution in [0.3, 0.4) is 0 Å².